The quantitative estimate of drug-likeness (QED) is 0.860. The van der Waals surface area contributed by atoms with Crippen molar-refractivity contribution in [2.24, 2.45) is 0 Å². The fourth-order valence-electron chi connectivity index (χ4n) is 4.80. The molecule has 2 aromatic rings. The molecule has 1 N–H and O–H groups in total. The van der Waals surface area contributed by atoms with Crippen LogP contribution in [0.1, 0.15) is 43.7 Å². The Balaban J connectivity index is 1.51. The minimum atomic E-state index is -1.04. The topological polar surface area (TPSA) is 23.5 Å². The molecule has 136 valence electrons. The van der Waals surface area contributed by atoms with Crippen molar-refractivity contribution < 1.29 is 9.50 Å². The number of hydrogen-bond acceptors (Lipinski definition) is 2. The number of benzene rings is 2. The predicted octanol–water partition coefficient (Wildman–Crippen LogP) is 4.74. The van der Waals surface area contributed by atoms with Gasteiger partial charge in [-0.3, -0.25) is 4.90 Å². The number of fused-ring (bicyclic) bond motifs is 2. The fraction of sp³-hybridized carbons (Fsp3) is 0.391. The van der Waals surface area contributed by atoms with Gasteiger partial charge >= 0.3 is 0 Å². The Hall–Kier alpha value is -1.97. The molecule has 2 aromatic carbocycles. The van der Waals surface area contributed by atoms with Crippen molar-refractivity contribution in [3.8, 4) is 0 Å². The van der Waals surface area contributed by atoms with E-state index in [0.717, 1.165) is 19.4 Å². The molecule has 2 fully saturated rings. The minimum absolute atomic E-state index is 0.289. The lowest BCUT2D eigenvalue weighted by atomic mass is 9.80. The minimum Gasteiger partial charge on any atom is -0.385 e. The molecule has 0 unspecified atom stereocenters. The van der Waals surface area contributed by atoms with Crippen LogP contribution in [-0.4, -0.2) is 28.6 Å². The van der Waals surface area contributed by atoms with Crippen molar-refractivity contribution in [3.05, 3.63) is 77.1 Å². The average molecular weight is 351 g/mol. The lowest BCUT2D eigenvalue weighted by Crippen LogP contribution is -2.50. The van der Waals surface area contributed by atoms with Crippen LogP contribution in [0.4, 0.5) is 4.39 Å². The number of piperidine rings is 1. The van der Waals surface area contributed by atoms with E-state index in [-0.39, 0.29) is 5.82 Å². The highest BCUT2D eigenvalue weighted by atomic mass is 19.1. The number of nitrogens with zero attached hydrogens (tertiary/aromatic N) is 1. The van der Waals surface area contributed by atoms with Gasteiger partial charge in [0.25, 0.3) is 0 Å². The van der Waals surface area contributed by atoms with Crippen molar-refractivity contribution >= 4 is 6.08 Å². The summed E-state index contributed by atoms with van der Waals surface area (Å²) in [7, 11) is 0. The first-order valence-corrected chi connectivity index (χ1v) is 9.50. The fourth-order valence-corrected chi connectivity index (χ4v) is 4.80. The van der Waals surface area contributed by atoms with Gasteiger partial charge < -0.3 is 5.11 Å². The lowest BCUT2D eigenvalue weighted by molar-refractivity contribution is -0.0563. The van der Waals surface area contributed by atoms with E-state index < -0.39 is 5.60 Å². The Morgan fingerprint density at radius 2 is 1.69 bits per heavy atom. The van der Waals surface area contributed by atoms with Gasteiger partial charge in [0.1, 0.15) is 5.82 Å². The Morgan fingerprint density at radius 1 is 1.08 bits per heavy atom. The molecule has 2 heterocycles. The van der Waals surface area contributed by atoms with Crippen molar-refractivity contribution in [3.63, 3.8) is 0 Å². The number of hydrogen-bond donors (Lipinski definition) is 1. The standard InChI is InChI=1S/C23H26FNO/c1-17(13-18-7-3-2-4-8-18)16-25-19-11-12-20(25)15-23(26,14-19)21-9-5-6-10-22(21)24/h2-10,13,19-20,26H,11-12,14-16H2,1H3/b17-13+/t19-,20-/m1/s1. The summed E-state index contributed by atoms with van der Waals surface area (Å²) in [5.41, 5.74) is 1.97. The first-order valence-electron chi connectivity index (χ1n) is 9.50. The Kier molecular flexibility index (Phi) is 4.68. The number of halogens is 1. The third kappa shape index (κ3) is 3.34. The highest BCUT2D eigenvalue weighted by Crippen LogP contribution is 2.46. The van der Waals surface area contributed by atoms with Gasteiger partial charge in [0.05, 0.1) is 5.60 Å². The van der Waals surface area contributed by atoms with Crippen LogP contribution in [-0.2, 0) is 5.60 Å². The van der Waals surface area contributed by atoms with Crippen molar-refractivity contribution in [2.75, 3.05) is 6.54 Å². The van der Waals surface area contributed by atoms with Gasteiger partial charge in [0.15, 0.2) is 0 Å². The number of rotatable bonds is 4. The SMILES string of the molecule is C/C(=C\c1ccccc1)CN1[C@@H]2CC[C@@H]1CC(O)(c1ccccc1F)C2. The van der Waals surface area contributed by atoms with Gasteiger partial charge in [-0.2, -0.15) is 0 Å². The largest absolute Gasteiger partial charge is 0.385 e. The summed E-state index contributed by atoms with van der Waals surface area (Å²) in [6, 6.07) is 17.7. The summed E-state index contributed by atoms with van der Waals surface area (Å²) < 4.78 is 14.3. The molecule has 26 heavy (non-hydrogen) atoms. The molecule has 0 spiro atoms. The maximum Gasteiger partial charge on any atom is 0.129 e. The van der Waals surface area contributed by atoms with Gasteiger partial charge in [-0.05, 0) is 44.2 Å². The zero-order chi connectivity index (χ0) is 18.1. The van der Waals surface area contributed by atoms with Crippen LogP contribution in [0.5, 0.6) is 0 Å². The molecule has 0 amide bonds. The Bertz CT molecular complexity index is 787. The zero-order valence-electron chi connectivity index (χ0n) is 15.2. The first kappa shape index (κ1) is 17.4. The van der Waals surface area contributed by atoms with Crippen LogP contribution in [0.15, 0.2) is 60.2 Å². The molecule has 0 aromatic heterocycles. The van der Waals surface area contributed by atoms with E-state index in [2.05, 4.69) is 42.2 Å². The van der Waals surface area contributed by atoms with Crippen LogP contribution in [0, 0.1) is 5.82 Å². The predicted molar refractivity (Wildman–Crippen MR) is 103 cm³/mol. The van der Waals surface area contributed by atoms with Crippen LogP contribution < -0.4 is 0 Å². The molecule has 2 saturated heterocycles. The summed E-state index contributed by atoms with van der Waals surface area (Å²) in [6.45, 7) is 3.09. The van der Waals surface area contributed by atoms with Gasteiger partial charge in [-0.15, -0.1) is 0 Å². The molecule has 0 aliphatic carbocycles. The van der Waals surface area contributed by atoms with E-state index in [0.29, 0.717) is 30.5 Å². The van der Waals surface area contributed by atoms with E-state index >= 15 is 0 Å². The molecule has 2 aliphatic heterocycles. The highest BCUT2D eigenvalue weighted by Gasteiger charge is 2.48. The van der Waals surface area contributed by atoms with Crippen molar-refractivity contribution in [1.82, 2.24) is 4.90 Å². The van der Waals surface area contributed by atoms with E-state index in [1.54, 1.807) is 12.1 Å². The van der Waals surface area contributed by atoms with Crippen LogP contribution in [0.2, 0.25) is 0 Å². The molecular weight excluding hydrogens is 325 g/mol. The molecular formula is C23H26FNO. The molecule has 0 radical (unpaired) electrons. The maximum atomic E-state index is 14.3. The van der Waals surface area contributed by atoms with Gasteiger partial charge in [0.2, 0.25) is 0 Å². The Morgan fingerprint density at radius 3 is 2.35 bits per heavy atom. The van der Waals surface area contributed by atoms with Crippen LogP contribution in [0.3, 0.4) is 0 Å². The van der Waals surface area contributed by atoms with Gasteiger partial charge in [-0.25, -0.2) is 4.39 Å². The summed E-state index contributed by atoms with van der Waals surface area (Å²) in [4.78, 5) is 2.52. The summed E-state index contributed by atoms with van der Waals surface area (Å²) in [5, 5.41) is 11.2. The van der Waals surface area contributed by atoms with Gasteiger partial charge in [-0.1, -0.05) is 60.2 Å². The van der Waals surface area contributed by atoms with Crippen LogP contribution >= 0.6 is 0 Å². The monoisotopic (exact) mass is 351 g/mol. The smallest absolute Gasteiger partial charge is 0.129 e. The third-order valence-corrected chi connectivity index (χ3v) is 5.94. The second-order valence-corrected chi connectivity index (χ2v) is 7.88. The van der Waals surface area contributed by atoms with E-state index in [1.807, 2.05) is 12.1 Å². The summed E-state index contributed by atoms with van der Waals surface area (Å²) >= 11 is 0. The normalized spacial score (nSPS) is 29.1. The van der Waals surface area contributed by atoms with E-state index in [9.17, 15) is 9.50 Å². The molecule has 0 saturated carbocycles. The molecule has 2 aliphatic rings. The first-order chi connectivity index (χ1) is 12.5. The zero-order valence-corrected chi connectivity index (χ0v) is 15.2. The molecule has 2 atom stereocenters. The van der Waals surface area contributed by atoms with Gasteiger partial charge in [0, 0.05) is 24.2 Å². The van der Waals surface area contributed by atoms with Crippen molar-refractivity contribution in [2.45, 2.75) is 50.3 Å². The third-order valence-electron chi connectivity index (χ3n) is 5.94. The highest BCUT2D eigenvalue weighted by molar-refractivity contribution is 5.52. The number of aliphatic hydroxyl groups is 1. The van der Waals surface area contributed by atoms with Crippen molar-refractivity contribution in [1.29, 1.82) is 0 Å². The molecule has 2 bridgehead atoms. The second kappa shape index (κ2) is 6.98. The Labute approximate surface area is 155 Å². The molecule has 4 rings (SSSR count). The summed E-state index contributed by atoms with van der Waals surface area (Å²) in [6.07, 6.45) is 5.63. The van der Waals surface area contributed by atoms with E-state index in [1.165, 1.54) is 17.2 Å². The lowest BCUT2D eigenvalue weighted by Gasteiger charge is -2.44. The van der Waals surface area contributed by atoms with E-state index in [4.69, 9.17) is 0 Å². The maximum absolute atomic E-state index is 14.3. The van der Waals surface area contributed by atoms with Crippen LogP contribution in [0.25, 0.3) is 6.08 Å². The summed E-state index contributed by atoms with van der Waals surface area (Å²) in [5.74, 6) is -0.289. The molecule has 3 heteroatoms. The molecule has 2 nitrogen and oxygen atoms in total. The second-order valence-electron chi connectivity index (χ2n) is 7.88. The average Bonchev–Trinajstić information content (AvgIpc) is 2.87.